The van der Waals surface area contributed by atoms with Gasteiger partial charge in [-0.15, -0.1) is 0 Å². The van der Waals surface area contributed by atoms with Gasteiger partial charge >= 0.3 is 0 Å². The first kappa shape index (κ1) is 25.3. The average molecular weight is 514 g/mol. The molecule has 0 spiro atoms. The highest BCUT2D eigenvalue weighted by molar-refractivity contribution is 6.18. The Bertz CT molecular complexity index is 1270. The largest absolute Gasteiger partial charge is 0.377 e. The summed E-state index contributed by atoms with van der Waals surface area (Å²) in [5, 5.41) is 4.28. The molecule has 3 aliphatic rings. The minimum absolute atomic E-state index is 0.0634. The van der Waals surface area contributed by atoms with E-state index in [2.05, 4.69) is 54.0 Å². The predicted molar refractivity (Wildman–Crippen MR) is 151 cm³/mol. The van der Waals surface area contributed by atoms with Crippen LogP contribution in [0.15, 0.2) is 54.6 Å². The number of ether oxygens (including phenoxy) is 1. The van der Waals surface area contributed by atoms with Crippen LogP contribution in [0.1, 0.15) is 49.9 Å². The molecule has 0 bridgehead atoms. The van der Waals surface area contributed by atoms with Crippen molar-refractivity contribution in [3.8, 4) is 0 Å². The van der Waals surface area contributed by atoms with E-state index in [1.807, 2.05) is 29.2 Å². The van der Waals surface area contributed by atoms with Gasteiger partial charge in [0.25, 0.3) is 5.91 Å². The third kappa shape index (κ3) is 4.69. The van der Waals surface area contributed by atoms with Crippen LogP contribution in [-0.2, 0) is 9.53 Å². The van der Waals surface area contributed by atoms with Crippen molar-refractivity contribution < 1.29 is 14.3 Å². The Kier molecular flexibility index (Phi) is 7.10. The van der Waals surface area contributed by atoms with Gasteiger partial charge in [-0.05, 0) is 73.7 Å². The van der Waals surface area contributed by atoms with Gasteiger partial charge in [0.2, 0.25) is 5.91 Å². The number of nitrogens with zero attached hydrogens (tertiary/aromatic N) is 3. The van der Waals surface area contributed by atoms with Crippen molar-refractivity contribution in [1.29, 1.82) is 0 Å². The van der Waals surface area contributed by atoms with Gasteiger partial charge in [-0.2, -0.15) is 0 Å². The first-order valence-electron chi connectivity index (χ1n) is 14.3. The molecule has 3 aromatic rings. The second kappa shape index (κ2) is 10.7. The van der Waals surface area contributed by atoms with Crippen molar-refractivity contribution >= 4 is 33.4 Å². The Labute approximate surface area is 225 Å². The van der Waals surface area contributed by atoms with Gasteiger partial charge in [-0.1, -0.05) is 48.5 Å². The van der Waals surface area contributed by atoms with Crippen LogP contribution in [0.5, 0.6) is 0 Å². The van der Waals surface area contributed by atoms with E-state index in [-0.39, 0.29) is 23.9 Å². The van der Waals surface area contributed by atoms with Crippen molar-refractivity contribution in [2.24, 2.45) is 5.92 Å². The zero-order chi connectivity index (χ0) is 26.2. The highest BCUT2D eigenvalue weighted by Crippen LogP contribution is 2.32. The quantitative estimate of drug-likeness (QED) is 0.466. The first-order valence-corrected chi connectivity index (χ1v) is 14.3. The summed E-state index contributed by atoms with van der Waals surface area (Å²) < 4.78 is 5.65. The molecule has 3 heterocycles. The molecule has 0 aliphatic carbocycles. The number of fused-ring (bicyclic) bond motifs is 2. The Morgan fingerprint density at radius 1 is 0.816 bits per heavy atom. The molecule has 3 aliphatic heterocycles. The molecule has 3 atom stereocenters. The molecule has 0 N–H and O–H groups in total. The predicted octanol–water partition coefficient (Wildman–Crippen LogP) is 4.95. The summed E-state index contributed by atoms with van der Waals surface area (Å²) in [6.45, 7) is 8.85. The number of hydrogen-bond donors (Lipinski definition) is 0. The Morgan fingerprint density at radius 3 is 2.05 bits per heavy atom. The standard InChI is InChI=1S/C32H39N3O3/c1-22-20-38-21-23(2)35(22)31(36)26-10-7-15-34(19-26)27-13-16-33(17-14-27)32(37)30-28-11-5-3-8-24(28)18-25-9-4-6-12-29(25)30/h3-6,8-9,11-12,18,22-23,26-27H,7,10,13-17,19-21H2,1-2H3/t22-,23+,26-/m1/s1. The molecule has 3 saturated heterocycles. The molecular formula is C32H39N3O3. The maximum atomic E-state index is 13.9. The van der Waals surface area contributed by atoms with Gasteiger partial charge in [0.05, 0.1) is 36.8 Å². The van der Waals surface area contributed by atoms with E-state index in [9.17, 15) is 9.59 Å². The molecule has 0 radical (unpaired) electrons. The Balaban J connectivity index is 1.14. The highest BCUT2D eigenvalue weighted by atomic mass is 16.5. The van der Waals surface area contributed by atoms with E-state index in [4.69, 9.17) is 4.74 Å². The third-order valence-electron chi connectivity index (χ3n) is 8.98. The minimum atomic E-state index is 0.0634. The normalized spacial score (nSPS) is 25.7. The zero-order valence-corrected chi connectivity index (χ0v) is 22.6. The fourth-order valence-corrected chi connectivity index (χ4v) is 7.03. The van der Waals surface area contributed by atoms with Crippen molar-refractivity contribution in [1.82, 2.24) is 14.7 Å². The molecule has 3 fully saturated rings. The van der Waals surface area contributed by atoms with Crippen LogP contribution in [0.2, 0.25) is 0 Å². The lowest BCUT2D eigenvalue weighted by Gasteiger charge is -2.45. The number of carbonyl (C=O) groups is 2. The van der Waals surface area contributed by atoms with Gasteiger partial charge in [-0.25, -0.2) is 0 Å². The molecule has 38 heavy (non-hydrogen) atoms. The van der Waals surface area contributed by atoms with Crippen molar-refractivity contribution in [2.45, 2.75) is 57.7 Å². The van der Waals surface area contributed by atoms with E-state index in [1.165, 1.54) is 0 Å². The summed E-state index contributed by atoms with van der Waals surface area (Å²) >= 11 is 0. The molecule has 6 nitrogen and oxygen atoms in total. The topological polar surface area (TPSA) is 53.1 Å². The van der Waals surface area contributed by atoms with Gasteiger partial charge in [-0.3, -0.25) is 14.5 Å². The van der Waals surface area contributed by atoms with Gasteiger partial charge in [0, 0.05) is 25.7 Å². The van der Waals surface area contributed by atoms with Crippen LogP contribution in [0.4, 0.5) is 0 Å². The molecule has 0 aromatic heterocycles. The minimum Gasteiger partial charge on any atom is -0.377 e. The maximum Gasteiger partial charge on any atom is 0.255 e. The van der Waals surface area contributed by atoms with Crippen LogP contribution < -0.4 is 0 Å². The maximum absolute atomic E-state index is 13.9. The summed E-state index contributed by atoms with van der Waals surface area (Å²) in [4.78, 5) is 34.1. The summed E-state index contributed by atoms with van der Waals surface area (Å²) in [7, 11) is 0. The van der Waals surface area contributed by atoms with Gasteiger partial charge < -0.3 is 14.5 Å². The number of benzene rings is 3. The molecule has 3 aromatic carbocycles. The number of likely N-dealkylation sites (tertiary alicyclic amines) is 2. The fourth-order valence-electron chi connectivity index (χ4n) is 7.03. The number of hydrogen-bond acceptors (Lipinski definition) is 4. The molecule has 0 unspecified atom stereocenters. The van der Waals surface area contributed by atoms with Crippen molar-refractivity contribution in [3.63, 3.8) is 0 Å². The number of piperidine rings is 2. The third-order valence-corrected chi connectivity index (χ3v) is 8.98. The number of amides is 2. The average Bonchev–Trinajstić information content (AvgIpc) is 2.95. The van der Waals surface area contributed by atoms with Crippen molar-refractivity contribution in [3.05, 3.63) is 60.2 Å². The molecule has 6 heteroatoms. The molecule has 0 saturated carbocycles. The van der Waals surface area contributed by atoms with Crippen LogP contribution in [0.25, 0.3) is 21.5 Å². The monoisotopic (exact) mass is 513 g/mol. The van der Waals surface area contributed by atoms with Crippen LogP contribution in [-0.4, -0.2) is 84.0 Å². The Hall–Kier alpha value is -2.96. The SMILES string of the molecule is C[C@@H]1COC[C@H](C)N1C(=O)[C@@H]1CCCN(C2CCN(C(=O)c3c4ccccc4cc4ccccc34)CC2)C1. The smallest absolute Gasteiger partial charge is 0.255 e. The molecule has 2 amide bonds. The second-order valence-corrected chi connectivity index (χ2v) is 11.5. The summed E-state index contributed by atoms with van der Waals surface area (Å²) in [5.41, 5.74) is 0.828. The molecular weight excluding hydrogens is 474 g/mol. The zero-order valence-electron chi connectivity index (χ0n) is 22.6. The van der Waals surface area contributed by atoms with Gasteiger partial charge in [0.15, 0.2) is 0 Å². The Morgan fingerprint density at radius 2 is 1.42 bits per heavy atom. The summed E-state index contributed by atoms with van der Waals surface area (Å²) in [6, 6.07) is 19.3. The van der Waals surface area contributed by atoms with Gasteiger partial charge in [0.1, 0.15) is 0 Å². The van der Waals surface area contributed by atoms with Crippen LogP contribution in [0, 0.1) is 5.92 Å². The lowest BCUT2D eigenvalue weighted by Crippen LogP contribution is -2.57. The molecule has 200 valence electrons. The van der Waals surface area contributed by atoms with E-state index < -0.39 is 0 Å². The van der Waals surface area contributed by atoms with E-state index in [1.54, 1.807) is 0 Å². The summed E-state index contributed by atoms with van der Waals surface area (Å²) in [6.07, 6.45) is 3.95. The first-order chi connectivity index (χ1) is 18.5. The fraction of sp³-hybridized carbons (Fsp3) is 0.500. The lowest BCUT2D eigenvalue weighted by molar-refractivity contribution is -0.150. The van der Waals surface area contributed by atoms with E-state index in [0.717, 1.165) is 79.0 Å². The van der Waals surface area contributed by atoms with Crippen molar-refractivity contribution in [2.75, 3.05) is 39.4 Å². The summed E-state index contributed by atoms with van der Waals surface area (Å²) in [5.74, 6) is 0.500. The van der Waals surface area contributed by atoms with E-state index in [0.29, 0.717) is 25.2 Å². The highest BCUT2D eigenvalue weighted by Gasteiger charge is 2.38. The number of rotatable bonds is 3. The van der Waals surface area contributed by atoms with E-state index >= 15 is 0 Å². The number of carbonyl (C=O) groups excluding carboxylic acids is 2. The van der Waals surface area contributed by atoms with Crippen LogP contribution >= 0.6 is 0 Å². The van der Waals surface area contributed by atoms with Crippen LogP contribution in [0.3, 0.4) is 0 Å². The number of morpholine rings is 1. The second-order valence-electron chi connectivity index (χ2n) is 11.5. The molecule has 6 rings (SSSR count). The lowest BCUT2D eigenvalue weighted by atomic mass is 9.91.